The summed E-state index contributed by atoms with van der Waals surface area (Å²) in [7, 11) is 0. The zero-order chi connectivity index (χ0) is 14.5. The average molecular weight is 292 g/mol. The summed E-state index contributed by atoms with van der Waals surface area (Å²) in [6.07, 6.45) is 3.12. The van der Waals surface area contributed by atoms with Crippen LogP contribution in [0.15, 0.2) is 36.7 Å². The van der Waals surface area contributed by atoms with E-state index in [0.717, 1.165) is 0 Å². The zero-order valence-corrected chi connectivity index (χ0v) is 11.9. The van der Waals surface area contributed by atoms with Crippen LogP contribution in [-0.2, 0) is 0 Å². The van der Waals surface area contributed by atoms with Crippen molar-refractivity contribution in [1.29, 1.82) is 0 Å². The van der Waals surface area contributed by atoms with E-state index in [1.807, 2.05) is 13.8 Å². The number of carbonyl (C=O) groups is 1. The molecule has 1 aromatic heterocycles. The normalized spacial score (nSPS) is 10.4. The molecule has 0 bridgehead atoms. The lowest BCUT2D eigenvalue weighted by atomic mass is 10.2. The molecule has 2 rings (SSSR count). The number of hydrogen-bond donors (Lipinski definition) is 1. The largest absolute Gasteiger partial charge is 0.489 e. The third-order valence-electron chi connectivity index (χ3n) is 2.35. The molecule has 0 spiro atoms. The Bertz CT molecular complexity index is 603. The number of anilines is 1. The number of benzene rings is 1. The zero-order valence-electron chi connectivity index (χ0n) is 11.1. The molecule has 20 heavy (non-hydrogen) atoms. The van der Waals surface area contributed by atoms with Gasteiger partial charge in [0.2, 0.25) is 5.95 Å². The van der Waals surface area contributed by atoms with E-state index in [0.29, 0.717) is 16.3 Å². The highest BCUT2D eigenvalue weighted by Crippen LogP contribution is 2.26. The summed E-state index contributed by atoms with van der Waals surface area (Å²) in [5.41, 5.74) is 0.415. The number of hydrogen-bond acceptors (Lipinski definition) is 4. The van der Waals surface area contributed by atoms with E-state index in [1.54, 1.807) is 36.7 Å². The van der Waals surface area contributed by atoms with E-state index < -0.39 is 0 Å². The highest BCUT2D eigenvalue weighted by atomic mass is 35.5. The molecule has 2 aromatic rings. The maximum Gasteiger partial charge on any atom is 0.258 e. The molecule has 0 radical (unpaired) electrons. The van der Waals surface area contributed by atoms with Crippen molar-refractivity contribution >= 4 is 23.5 Å². The van der Waals surface area contributed by atoms with E-state index in [4.69, 9.17) is 16.3 Å². The Kier molecular flexibility index (Phi) is 4.53. The molecule has 1 heterocycles. The average Bonchev–Trinajstić information content (AvgIpc) is 2.41. The Balaban J connectivity index is 2.13. The summed E-state index contributed by atoms with van der Waals surface area (Å²) in [5.74, 6) is 0.472. The molecule has 0 aliphatic rings. The van der Waals surface area contributed by atoms with E-state index in [-0.39, 0.29) is 18.0 Å². The van der Waals surface area contributed by atoms with Gasteiger partial charge in [0.1, 0.15) is 5.75 Å². The van der Waals surface area contributed by atoms with Crippen LogP contribution in [0.25, 0.3) is 0 Å². The van der Waals surface area contributed by atoms with Crippen LogP contribution in [0.5, 0.6) is 5.75 Å². The fourth-order valence-electron chi connectivity index (χ4n) is 1.53. The van der Waals surface area contributed by atoms with Crippen LogP contribution < -0.4 is 10.1 Å². The molecule has 1 aromatic carbocycles. The van der Waals surface area contributed by atoms with Crippen LogP contribution in [0.4, 0.5) is 5.95 Å². The van der Waals surface area contributed by atoms with E-state index >= 15 is 0 Å². The number of nitrogens with zero attached hydrogens (tertiary/aromatic N) is 2. The van der Waals surface area contributed by atoms with E-state index in [9.17, 15) is 4.79 Å². The van der Waals surface area contributed by atoms with Gasteiger partial charge >= 0.3 is 0 Å². The van der Waals surface area contributed by atoms with Crippen molar-refractivity contribution in [3.05, 3.63) is 47.2 Å². The van der Waals surface area contributed by atoms with Crippen molar-refractivity contribution in [1.82, 2.24) is 9.97 Å². The molecular weight excluding hydrogens is 278 g/mol. The van der Waals surface area contributed by atoms with Crippen molar-refractivity contribution in [3.63, 3.8) is 0 Å². The van der Waals surface area contributed by atoms with Gasteiger partial charge in [-0.2, -0.15) is 0 Å². The van der Waals surface area contributed by atoms with Gasteiger partial charge in [-0.15, -0.1) is 0 Å². The van der Waals surface area contributed by atoms with E-state index in [1.165, 1.54) is 0 Å². The lowest BCUT2D eigenvalue weighted by molar-refractivity contribution is 0.102. The highest BCUT2D eigenvalue weighted by molar-refractivity contribution is 6.32. The first-order valence-corrected chi connectivity index (χ1v) is 6.48. The molecule has 0 atom stereocenters. The fraction of sp³-hybridized carbons (Fsp3) is 0.214. The number of amides is 1. The molecular formula is C14H14ClN3O2. The molecule has 0 saturated heterocycles. The first-order valence-electron chi connectivity index (χ1n) is 6.11. The predicted octanol–water partition coefficient (Wildman–Crippen LogP) is 3.17. The van der Waals surface area contributed by atoms with Gasteiger partial charge in [0, 0.05) is 18.0 Å². The van der Waals surface area contributed by atoms with E-state index in [2.05, 4.69) is 15.3 Å². The van der Waals surface area contributed by atoms with Gasteiger partial charge < -0.3 is 4.74 Å². The standard InChI is InChI=1S/C14H14ClN3O2/c1-9(2)20-12-5-4-10(8-11(12)15)13(19)18-14-16-6-3-7-17-14/h3-9H,1-2H3,(H,16,17,18,19). The minimum absolute atomic E-state index is 0.0184. The topological polar surface area (TPSA) is 64.1 Å². The molecule has 0 saturated carbocycles. The van der Waals surface area contributed by atoms with Gasteiger partial charge in [-0.25, -0.2) is 9.97 Å². The number of halogens is 1. The molecule has 6 heteroatoms. The maximum absolute atomic E-state index is 12.0. The minimum Gasteiger partial charge on any atom is -0.489 e. The molecule has 104 valence electrons. The smallest absolute Gasteiger partial charge is 0.258 e. The monoisotopic (exact) mass is 291 g/mol. The lowest BCUT2D eigenvalue weighted by Crippen LogP contribution is -2.14. The summed E-state index contributed by atoms with van der Waals surface area (Å²) < 4.78 is 5.51. The van der Waals surface area contributed by atoms with Gasteiger partial charge in [-0.1, -0.05) is 11.6 Å². The third kappa shape index (κ3) is 3.68. The van der Waals surface area contributed by atoms with Crippen LogP contribution in [0.1, 0.15) is 24.2 Å². The number of nitrogens with one attached hydrogen (secondary N) is 1. The number of carbonyl (C=O) groups excluding carboxylic acids is 1. The Morgan fingerprint density at radius 3 is 2.60 bits per heavy atom. The van der Waals surface area contributed by atoms with Crippen molar-refractivity contribution in [3.8, 4) is 5.75 Å². The first kappa shape index (κ1) is 14.3. The van der Waals surface area contributed by atoms with Gasteiger partial charge in [0.25, 0.3) is 5.91 Å². The second kappa shape index (κ2) is 6.34. The molecule has 1 amide bonds. The summed E-state index contributed by atoms with van der Waals surface area (Å²) in [5, 5.41) is 2.97. The van der Waals surface area contributed by atoms with Crippen LogP contribution in [0.2, 0.25) is 5.02 Å². The summed E-state index contributed by atoms with van der Waals surface area (Å²) in [4.78, 5) is 19.9. The van der Waals surface area contributed by atoms with Crippen molar-refractivity contribution in [2.45, 2.75) is 20.0 Å². The van der Waals surface area contributed by atoms with Crippen molar-refractivity contribution in [2.24, 2.45) is 0 Å². The van der Waals surface area contributed by atoms with Gasteiger partial charge in [-0.05, 0) is 38.1 Å². The highest BCUT2D eigenvalue weighted by Gasteiger charge is 2.11. The lowest BCUT2D eigenvalue weighted by Gasteiger charge is -2.12. The number of ether oxygens (including phenoxy) is 1. The molecule has 5 nitrogen and oxygen atoms in total. The van der Waals surface area contributed by atoms with Gasteiger partial charge in [0.05, 0.1) is 11.1 Å². The van der Waals surface area contributed by atoms with Crippen LogP contribution in [-0.4, -0.2) is 22.0 Å². The summed E-state index contributed by atoms with van der Waals surface area (Å²) in [6.45, 7) is 3.81. The van der Waals surface area contributed by atoms with Crippen LogP contribution in [0, 0.1) is 0 Å². The summed E-state index contributed by atoms with van der Waals surface area (Å²) in [6, 6.07) is 6.53. The van der Waals surface area contributed by atoms with Gasteiger partial charge in [-0.3, -0.25) is 10.1 Å². The quantitative estimate of drug-likeness (QED) is 0.940. The van der Waals surface area contributed by atoms with Gasteiger partial charge in [0.15, 0.2) is 0 Å². The SMILES string of the molecule is CC(C)Oc1ccc(C(=O)Nc2ncccn2)cc1Cl. The molecule has 0 fully saturated rings. The Morgan fingerprint density at radius 2 is 2.00 bits per heavy atom. The molecule has 0 aliphatic carbocycles. The maximum atomic E-state index is 12.0. The fourth-order valence-corrected chi connectivity index (χ4v) is 1.75. The van der Waals surface area contributed by atoms with Crippen molar-refractivity contribution in [2.75, 3.05) is 5.32 Å². The van der Waals surface area contributed by atoms with Crippen molar-refractivity contribution < 1.29 is 9.53 Å². The number of rotatable bonds is 4. The third-order valence-corrected chi connectivity index (χ3v) is 2.64. The molecule has 0 aliphatic heterocycles. The first-order chi connectivity index (χ1) is 9.56. The van der Waals surface area contributed by atoms with Crippen LogP contribution in [0.3, 0.4) is 0 Å². The summed E-state index contributed by atoms with van der Waals surface area (Å²) >= 11 is 6.08. The second-order valence-electron chi connectivity index (χ2n) is 4.34. The minimum atomic E-state index is -0.325. The Morgan fingerprint density at radius 1 is 1.30 bits per heavy atom. The van der Waals surface area contributed by atoms with Crippen LogP contribution >= 0.6 is 11.6 Å². The number of aromatic nitrogens is 2. The Labute approximate surface area is 122 Å². The molecule has 0 unspecified atom stereocenters. The molecule has 1 N–H and O–H groups in total. The Hall–Kier alpha value is -2.14. The second-order valence-corrected chi connectivity index (χ2v) is 4.75. The predicted molar refractivity (Wildman–Crippen MR) is 77.2 cm³/mol.